The number of hydrogen-bond acceptors (Lipinski definition) is 3. The fraction of sp³-hybridized carbons (Fsp3) is 1.00. The summed E-state index contributed by atoms with van der Waals surface area (Å²) in [5.41, 5.74) is 0. The lowest BCUT2D eigenvalue weighted by atomic mass is 10.0. The van der Waals surface area contributed by atoms with Crippen molar-refractivity contribution < 1.29 is 18.1 Å². The van der Waals surface area contributed by atoms with Crippen LogP contribution in [-0.2, 0) is 10.1 Å². The standard InChI is InChI=1S/C16H34O4S/c1-2-3-4-5-6-7-10-13-16(17)14-11-8-9-12-15-21(18,19)20/h16-17H,2-15H2,1H3,(H,18,19,20). The first-order valence-electron chi connectivity index (χ1n) is 8.59. The van der Waals surface area contributed by atoms with Crippen molar-refractivity contribution in [2.75, 3.05) is 5.75 Å². The van der Waals surface area contributed by atoms with Crippen molar-refractivity contribution >= 4 is 10.1 Å². The van der Waals surface area contributed by atoms with Crippen molar-refractivity contribution in [2.24, 2.45) is 0 Å². The lowest BCUT2D eigenvalue weighted by molar-refractivity contribution is 0.147. The van der Waals surface area contributed by atoms with Crippen molar-refractivity contribution in [3.8, 4) is 0 Å². The molecule has 0 aromatic rings. The second kappa shape index (κ2) is 13.5. The Morgan fingerprint density at radius 1 is 0.762 bits per heavy atom. The van der Waals surface area contributed by atoms with Crippen LogP contribution in [0.4, 0.5) is 0 Å². The van der Waals surface area contributed by atoms with Crippen molar-refractivity contribution in [1.29, 1.82) is 0 Å². The molecule has 21 heavy (non-hydrogen) atoms. The molecule has 0 aliphatic heterocycles. The van der Waals surface area contributed by atoms with Gasteiger partial charge in [-0.15, -0.1) is 0 Å². The van der Waals surface area contributed by atoms with Crippen molar-refractivity contribution in [2.45, 2.75) is 96.5 Å². The molecule has 0 spiro atoms. The maximum atomic E-state index is 10.5. The highest BCUT2D eigenvalue weighted by Gasteiger charge is 2.05. The summed E-state index contributed by atoms with van der Waals surface area (Å²) in [6.45, 7) is 2.22. The van der Waals surface area contributed by atoms with Gasteiger partial charge in [0, 0.05) is 0 Å². The van der Waals surface area contributed by atoms with Crippen LogP contribution in [-0.4, -0.2) is 29.9 Å². The molecule has 0 aromatic heterocycles. The zero-order chi connectivity index (χ0) is 16.0. The number of hydrogen-bond donors (Lipinski definition) is 2. The summed E-state index contributed by atoms with van der Waals surface area (Å²) in [6.07, 6.45) is 13.5. The smallest absolute Gasteiger partial charge is 0.264 e. The van der Waals surface area contributed by atoms with E-state index in [0.717, 1.165) is 38.5 Å². The van der Waals surface area contributed by atoms with Gasteiger partial charge in [-0.3, -0.25) is 4.55 Å². The first-order chi connectivity index (χ1) is 9.95. The molecule has 0 saturated heterocycles. The third-order valence-corrected chi connectivity index (χ3v) is 4.64. The molecule has 0 fully saturated rings. The number of aliphatic hydroxyl groups excluding tert-OH is 1. The van der Waals surface area contributed by atoms with E-state index in [4.69, 9.17) is 4.55 Å². The van der Waals surface area contributed by atoms with Gasteiger partial charge in [-0.1, -0.05) is 71.1 Å². The van der Waals surface area contributed by atoms with E-state index in [1.165, 1.54) is 38.5 Å². The quantitative estimate of drug-likeness (QED) is 0.348. The van der Waals surface area contributed by atoms with Crippen molar-refractivity contribution in [3.05, 3.63) is 0 Å². The van der Waals surface area contributed by atoms with E-state index >= 15 is 0 Å². The van der Waals surface area contributed by atoms with Gasteiger partial charge in [0.1, 0.15) is 0 Å². The molecule has 0 aliphatic carbocycles. The average Bonchev–Trinajstić information content (AvgIpc) is 2.40. The van der Waals surface area contributed by atoms with E-state index < -0.39 is 10.1 Å². The molecule has 0 heterocycles. The molecule has 1 atom stereocenters. The van der Waals surface area contributed by atoms with Crippen LogP contribution in [0.2, 0.25) is 0 Å². The zero-order valence-electron chi connectivity index (χ0n) is 13.6. The Kier molecular flexibility index (Phi) is 13.4. The second-order valence-electron chi connectivity index (χ2n) is 6.05. The molecule has 0 rings (SSSR count). The molecule has 4 nitrogen and oxygen atoms in total. The molecule has 0 amide bonds. The molecule has 0 aromatic carbocycles. The minimum absolute atomic E-state index is 0.145. The molecule has 128 valence electrons. The molecular formula is C16H34O4S. The van der Waals surface area contributed by atoms with E-state index in [0.29, 0.717) is 6.42 Å². The Morgan fingerprint density at radius 3 is 1.67 bits per heavy atom. The first kappa shape index (κ1) is 20.9. The van der Waals surface area contributed by atoms with Crippen LogP contribution < -0.4 is 0 Å². The molecule has 2 N–H and O–H groups in total. The minimum Gasteiger partial charge on any atom is -0.393 e. The monoisotopic (exact) mass is 322 g/mol. The maximum Gasteiger partial charge on any atom is 0.264 e. The summed E-state index contributed by atoms with van der Waals surface area (Å²) >= 11 is 0. The van der Waals surface area contributed by atoms with Gasteiger partial charge in [0.2, 0.25) is 0 Å². The lowest BCUT2D eigenvalue weighted by Gasteiger charge is -2.10. The Balaban J connectivity index is 3.25. The summed E-state index contributed by atoms with van der Waals surface area (Å²) in [5.74, 6) is -0.145. The van der Waals surface area contributed by atoms with Gasteiger partial charge >= 0.3 is 0 Å². The highest BCUT2D eigenvalue weighted by Crippen LogP contribution is 2.13. The number of aliphatic hydroxyl groups is 1. The zero-order valence-corrected chi connectivity index (χ0v) is 14.4. The van der Waals surface area contributed by atoms with Gasteiger partial charge < -0.3 is 5.11 Å². The summed E-state index contributed by atoms with van der Waals surface area (Å²) in [4.78, 5) is 0. The Labute approximate surface area is 131 Å². The van der Waals surface area contributed by atoms with E-state index in [2.05, 4.69) is 6.92 Å². The fourth-order valence-corrected chi connectivity index (χ4v) is 3.07. The molecule has 0 aliphatic rings. The Morgan fingerprint density at radius 2 is 1.19 bits per heavy atom. The molecule has 1 unspecified atom stereocenters. The maximum absolute atomic E-state index is 10.5. The van der Waals surface area contributed by atoms with Gasteiger partial charge in [0.05, 0.1) is 11.9 Å². The average molecular weight is 323 g/mol. The highest BCUT2D eigenvalue weighted by atomic mass is 32.2. The topological polar surface area (TPSA) is 74.6 Å². The predicted molar refractivity (Wildman–Crippen MR) is 88.1 cm³/mol. The van der Waals surface area contributed by atoms with Crippen LogP contribution in [0.3, 0.4) is 0 Å². The molecule has 0 saturated carbocycles. The summed E-state index contributed by atoms with van der Waals surface area (Å²) in [6, 6.07) is 0. The molecule has 0 radical (unpaired) electrons. The van der Waals surface area contributed by atoms with Gasteiger partial charge in [0.25, 0.3) is 10.1 Å². The summed E-state index contributed by atoms with van der Waals surface area (Å²) in [7, 11) is -3.80. The number of rotatable bonds is 15. The minimum atomic E-state index is -3.80. The van der Waals surface area contributed by atoms with Gasteiger partial charge in [0.15, 0.2) is 0 Å². The Hall–Kier alpha value is -0.130. The largest absolute Gasteiger partial charge is 0.393 e. The first-order valence-corrected chi connectivity index (χ1v) is 10.2. The van der Waals surface area contributed by atoms with Crippen LogP contribution >= 0.6 is 0 Å². The molecular weight excluding hydrogens is 288 g/mol. The van der Waals surface area contributed by atoms with Crippen LogP contribution in [0.15, 0.2) is 0 Å². The van der Waals surface area contributed by atoms with E-state index in [1.54, 1.807) is 0 Å². The van der Waals surface area contributed by atoms with Crippen molar-refractivity contribution in [3.63, 3.8) is 0 Å². The van der Waals surface area contributed by atoms with E-state index in [9.17, 15) is 13.5 Å². The van der Waals surface area contributed by atoms with E-state index in [1.807, 2.05) is 0 Å². The number of unbranched alkanes of at least 4 members (excludes halogenated alkanes) is 9. The summed E-state index contributed by atoms with van der Waals surface area (Å²) < 4.78 is 29.6. The predicted octanol–water partition coefficient (Wildman–Crippen LogP) is 4.33. The molecule has 5 heteroatoms. The van der Waals surface area contributed by atoms with Gasteiger partial charge in [-0.05, 0) is 19.3 Å². The van der Waals surface area contributed by atoms with Gasteiger partial charge in [-0.2, -0.15) is 8.42 Å². The summed E-state index contributed by atoms with van der Waals surface area (Å²) in [5, 5.41) is 9.84. The highest BCUT2D eigenvalue weighted by molar-refractivity contribution is 7.85. The molecule has 0 bridgehead atoms. The van der Waals surface area contributed by atoms with Crippen LogP contribution in [0.1, 0.15) is 90.4 Å². The van der Waals surface area contributed by atoms with Crippen LogP contribution in [0.5, 0.6) is 0 Å². The normalized spacial score (nSPS) is 13.5. The fourth-order valence-electron chi connectivity index (χ4n) is 2.50. The third kappa shape index (κ3) is 17.8. The lowest BCUT2D eigenvalue weighted by Crippen LogP contribution is -2.06. The third-order valence-electron chi connectivity index (χ3n) is 3.83. The van der Waals surface area contributed by atoms with Crippen molar-refractivity contribution in [1.82, 2.24) is 0 Å². The van der Waals surface area contributed by atoms with E-state index in [-0.39, 0.29) is 11.9 Å². The Bertz CT molecular complexity index is 314. The SMILES string of the molecule is CCCCCCCCCC(O)CCCCCCS(=O)(=O)O. The second-order valence-corrected chi connectivity index (χ2v) is 7.62. The van der Waals surface area contributed by atoms with Crippen LogP contribution in [0.25, 0.3) is 0 Å². The van der Waals surface area contributed by atoms with Crippen LogP contribution in [0, 0.1) is 0 Å². The van der Waals surface area contributed by atoms with Gasteiger partial charge in [-0.25, -0.2) is 0 Å².